The topological polar surface area (TPSA) is 74.2 Å². The van der Waals surface area contributed by atoms with E-state index in [0.29, 0.717) is 12.5 Å². The van der Waals surface area contributed by atoms with Gasteiger partial charge in [-0.15, -0.1) is 0 Å². The van der Waals surface area contributed by atoms with Gasteiger partial charge in [-0.25, -0.2) is 9.79 Å². The third kappa shape index (κ3) is 2.35. The number of rotatable bonds is 2. The molecule has 0 saturated heterocycles. The molecule has 6 nitrogen and oxygen atoms in total. The highest BCUT2D eigenvalue weighted by Crippen LogP contribution is 2.03. The predicted molar refractivity (Wildman–Crippen MR) is 50.7 cm³/mol. The predicted octanol–water partition coefficient (Wildman–Crippen LogP) is -1.24. The van der Waals surface area contributed by atoms with Gasteiger partial charge in [-0.1, -0.05) is 0 Å². The van der Waals surface area contributed by atoms with E-state index < -0.39 is 12.3 Å². The summed E-state index contributed by atoms with van der Waals surface area (Å²) >= 11 is 0. The number of carbonyl (C=O) groups is 1. The molecule has 1 aliphatic heterocycles. The molecule has 1 heterocycles. The normalized spacial score (nSPS) is 23.0. The molecule has 14 heavy (non-hydrogen) atoms. The van der Waals surface area contributed by atoms with Crippen LogP contribution >= 0.6 is 0 Å². The number of nitrogens with one attached hydrogen (secondary N) is 1. The van der Waals surface area contributed by atoms with Gasteiger partial charge < -0.3 is 20.1 Å². The summed E-state index contributed by atoms with van der Waals surface area (Å²) in [6.45, 7) is 2.11. The van der Waals surface area contributed by atoms with Crippen LogP contribution in [0.2, 0.25) is 0 Å². The Morgan fingerprint density at radius 1 is 1.86 bits per heavy atom. The lowest BCUT2D eigenvalue weighted by atomic mass is 10.3. The molecular formula is C8H15N3O3. The van der Waals surface area contributed by atoms with Crippen LogP contribution < -0.4 is 5.32 Å². The molecule has 0 spiro atoms. The van der Waals surface area contributed by atoms with Crippen molar-refractivity contribution in [3.05, 3.63) is 0 Å². The van der Waals surface area contributed by atoms with Crippen LogP contribution in [0.15, 0.2) is 4.99 Å². The lowest BCUT2D eigenvalue weighted by molar-refractivity contribution is -0.142. The Morgan fingerprint density at radius 3 is 2.93 bits per heavy atom. The molecule has 0 aromatic rings. The smallest absolute Gasteiger partial charge is 0.328 e. The molecule has 1 aliphatic rings. The van der Waals surface area contributed by atoms with E-state index in [2.05, 4.69) is 15.0 Å². The summed E-state index contributed by atoms with van der Waals surface area (Å²) in [6, 6.07) is -0.466. The SMILES string of the molecule is COC(=O)C(C)NC1=NC(O)CN1C. The van der Waals surface area contributed by atoms with Gasteiger partial charge in [-0.05, 0) is 6.92 Å². The third-order valence-corrected chi connectivity index (χ3v) is 1.97. The van der Waals surface area contributed by atoms with Gasteiger partial charge in [0.1, 0.15) is 6.04 Å². The van der Waals surface area contributed by atoms with E-state index in [9.17, 15) is 9.90 Å². The van der Waals surface area contributed by atoms with E-state index in [1.54, 1.807) is 18.9 Å². The molecule has 0 aromatic carbocycles. The largest absolute Gasteiger partial charge is 0.467 e. The maximum Gasteiger partial charge on any atom is 0.328 e. The molecule has 2 unspecified atom stereocenters. The van der Waals surface area contributed by atoms with Crippen molar-refractivity contribution in [3.8, 4) is 0 Å². The fourth-order valence-electron chi connectivity index (χ4n) is 1.19. The number of hydrogen-bond donors (Lipinski definition) is 2. The number of aliphatic imine (C=N–C) groups is 1. The van der Waals surface area contributed by atoms with Crippen molar-refractivity contribution in [1.29, 1.82) is 0 Å². The molecule has 2 atom stereocenters. The van der Waals surface area contributed by atoms with Crippen LogP contribution in [-0.2, 0) is 9.53 Å². The summed E-state index contributed by atoms with van der Waals surface area (Å²) in [5.74, 6) is 0.151. The Bertz CT molecular complexity index is 254. The first kappa shape index (κ1) is 10.8. The molecule has 80 valence electrons. The second kappa shape index (κ2) is 4.28. The van der Waals surface area contributed by atoms with E-state index in [4.69, 9.17) is 0 Å². The maximum absolute atomic E-state index is 11.1. The van der Waals surface area contributed by atoms with Crippen molar-refractivity contribution in [3.63, 3.8) is 0 Å². The average molecular weight is 201 g/mol. The second-order valence-corrected chi connectivity index (χ2v) is 3.20. The Labute approximate surface area is 82.6 Å². The van der Waals surface area contributed by atoms with E-state index in [0.717, 1.165) is 0 Å². The summed E-state index contributed by atoms with van der Waals surface area (Å²) in [5.41, 5.74) is 0. The Hall–Kier alpha value is -1.30. The first-order valence-electron chi connectivity index (χ1n) is 4.36. The minimum Gasteiger partial charge on any atom is -0.467 e. The standard InChI is InChI=1S/C8H15N3O3/c1-5(7(13)14-3)9-8-10-6(12)4-11(8)2/h5-6,12H,4H2,1-3H3,(H,9,10). The van der Waals surface area contributed by atoms with Gasteiger partial charge in [0, 0.05) is 7.05 Å². The number of methoxy groups -OCH3 is 1. The fourth-order valence-corrected chi connectivity index (χ4v) is 1.19. The number of nitrogens with zero attached hydrogens (tertiary/aromatic N) is 2. The number of guanidine groups is 1. The molecule has 0 saturated carbocycles. The Kier molecular flexibility index (Phi) is 3.29. The third-order valence-electron chi connectivity index (χ3n) is 1.97. The first-order valence-corrected chi connectivity index (χ1v) is 4.36. The molecule has 1 rings (SSSR count). The quantitative estimate of drug-likeness (QED) is 0.546. The van der Waals surface area contributed by atoms with Gasteiger partial charge in [0.2, 0.25) is 0 Å². The van der Waals surface area contributed by atoms with Crippen LogP contribution in [0.3, 0.4) is 0 Å². The van der Waals surface area contributed by atoms with Crippen LogP contribution in [0.1, 0.15) is 6.92 Å². The number of carbonyl (C=O) groups excluding carboxylic acids is 1. The van der Waals surface area contributed by atoms with Crippen molar-refractivity contribution in [1.82, 2.24) is 10.2 Å². The zero-order valence-corrected chi connectivity index (χ0v) is 8.52. The van der Waals surface area contributed by atoms with E-state index in [1.165, 1.54) is 7.11 Å². The van der Waals surface area contributed by atoms with Crippen molar-refractivity contribution < 1.29 is 14.6 Å². The second-order valence-electron chi connectivity index (χ2n) is 3.20. The molecule has 0 fully saturated rings. The first-order chi connectivity index (χ1) is 6.54. The zero-order valence-electron chi connectivity index (χ0n) is 8.52. The highest BCUT2D eigenvalue weighted by atomic mass is 16.5. The van der Waals surface area contributed by atoms with Gasteiger partial charge in [0.15, 0.2) is 12.2 Å². The minimum atomic E-state index is -0.715. The van der Waals surface area contributed by atoms with Gasteiger partial charge in [-0.3, -0.25) is 0 Å². The Balaban J connectivity index is 2.52. The highest BCUT2D eigenvalue weighted by Gasteiger charge is 2.23. The van der Waals surface area contributed by atoms with Crippen LogP contribution in [0.4, 0.5) is 0 Å². The molecule has 0 aromatic heterocycles. The van der Waals surface area contributed by atoms with E-state index >= 15 is 0 Å². The minimum absolute atomic E-state index is 0.359. The summed E-state index contributed by atoms with van der Waals surface area (Å²) in [4.78, 5) is 16.7. The average Bonchev–Trinajstić information content (AvgIpc) is 2.44. The van der Waals surface area contributed by atoms with E-state index in [1.807, 2.05) is 0 Å². The summed E-state index contributed by atoms with van der Waals surface area (Å²) in [6.07, 6.45) is -0.715. The molecule has 0 aliphatic carbocycles. The number of likely N-dealkylation sites (N-methyl/N-ethyl adjacent to an activating group) is 1. The number of hydrogen-bond acceptors (Lipinski definition) is 6. The fraction of sp³-hybridized carbons (Fsp3) is 0.750. The zero-order chi connectivity index (χ0) is 10.7. The van der Waals surface area contributed by atoms with Crippen molar-refractivity contribution in [2.75, 3.05) is 20.7 Å². The number of ether oxygens (including phenoxy) is 1. The van der Waals surface area contributed by atoms with E-state index in [-0.39, 0.29) is 5.97 Å². The number of aliphatic hydroxyl groups is 1. The van der Waals surface area contributed by atoms with Gasteiger partial charge >= 0.3 is 5.97 Å². The maximum atomic E-state index is 11.1. The highest BCUT2D eigenvalue weighted by molar-refractivity contribution is 5.87. The Morgan fingerprint density at radius 2 is 2.50 bits per heavy atom. The van der Waals surface area contributed by atoms with Gasteiger partial charge in [-0.2, -0.15) is 0 Å². The van der Waals surface area contributed by atoms with Crippen LogP contribution in [-0.4, -0.2) is 54.9 Å². The van der Waals surface area contributed by atoms with Gasteiger partial charge in [0.05, 0.1) is 13.7 Å². The molecule has 2 N–H and O–H groups in total. The van der Waals surface area contributed by atoms with Crippen LogP contribution in [0.25, 0.3) is 0 Å². The molecular weight excluding hydrogens is 186 g/mol. The van der Waals surface area contributed by atoms with Crippen molar-refractivity contribution in [2.45, 2.75) is 19.2 Å². The number of β-amino-alcohol motifs (C(OH)–C–C–N with tert-alkyl or cyclic N) is 1. The van der Waals surface area contributed by atoms with Crippen molar-refractivity contribution in [2.24, 2.45) is 4.99 Å². The monoisotopic (exact) mass is 201 g/mol. The van der Waals surface area contributed by atoms with Crippen molar-refractivity contribution >= 4 is 11.9 Å². The summed E-state index contributed by atoms with van der Waals surface area (Å²) < 4.78 is 4.55. The summed E-state index contributed by atoms with van der Waals surface area (Å²) in [7, 11) is 3.11. The number of esters is 1. The lowest BCUT2D eigenvalue weighted by Crippen LogP contribution is -2.44. The molecule has 0 amide bonds. The van der Waals surface area contributed by atoms with Crippen LogP contribution in [0, 0.1) is 0 Å². The lowest BCUT2D eigenvalue weighted by Gasteiger charge is -2.18. The molecule has 0 bridgehead atoms. The molecule has 6 heteroatoms. The summed E-state index contributed by atoms with van der Waals surface area (Å²) in [5, 5.41) is 12.0. The molecule has 0 radical (unpaired) electrons. The van der Waals surface area contributed by atoms with Gasteiger partial charge in [0.25, 0.3) is 0 Å². The number of aliphatic hydroxyl groups excluding tert-OH is 1. The van der Waals surface area contributed by atoms with Crippen LogP contribution in [0.5, 0.6) is 0 Å².